The van der Waals surface area contributed by atoms with E-state index in [2.05, 4.69) is 16.9 Å². The number of carbonyl (C=O) groups excluding carboxylic acids is 1. The van der Waals surface area contributed by atoms with E-state index >= 15 is 0 Å². The van der Waals surface area contributed by atoms with Crippen molar-refractivity contribution in [1.82, 2.24) is 5.01 Å². The first-order valence-electron chi connectivity index (χ1n) is 6.80. The van der Waals surface area contributed by atoms with Crippen LogP contribution in [0.1, 0.15) is 31.7 Å². The Morgan fingerprint density at radius 3 is 2.86 bits per heavy atom. The normalized spacial score (nSPS) is 14.2. The van der Waals surface area contributed by atoms with Crippen LogP contribution in [0.15, 0.2) is 23.3 Å². The number of hydrazone groups is 1. The highest BCUT2D eigenvalue weighted by Crippen LogP contribution is 2.27. The summed E-state index contributed by atoms with van der Waals surface area (Å²) < 4.78 is 0. The number of hydrogen-bond donors (Lipinski definition) is 0. The fourth-order valence-electron chi connectivity index (χ4n) is 2.02. The van der Waals surface area contributed by atoms with E-state index in [0.717, 1.165) is 0 Å². The molecule has 114 valence electrons. The van der Waals surface area contributed by atoms with Crippen LogP contribution in [0.25, 0.3) is 0 Å². The molecule has 7 heteroatoms. The van der Waals surface area contributed by atoms with Gasteiger partial charge in [0.15, 0.2) is 0 Å². The zero-order chi connectivity index (χ0) is 16.1. The van der Waals surface area contributed by atoms with Gasteiger partial charge in [0.1, 0.15) is 11.6 Å². The van der Waals surface area contributed by atoms with Crippen molar-refractivity contribution >= 4 is 28.9 Å². The lowest BCUT2D eigenvalue weighted by Gasteiger charge is -2.21. The fourth-order valence-corrected chi connectivity index (χ4v) is 2.21. The van der Waals surface area contributed by atoms with Crippen molar-refractivity contribution in [2.45, 2.75) is 26.2 Å². The van der Waals surface area contributed by atoms with E-state index in [0.29, 0.717) is 30.5 Å². The maximum absolute atomic E-state index is 11.8. The van der Waals surface area contributed by atoms with E-state index < -0.39 is 4.92 Å². The van der Waals surface area contributed by atoms with Crippen molar-refractivity contribution in [1.29, 1.82) is 0 Å². The summed E-state index contributed by atoms with van der Waals surface area (Å²) in [7, 11) is 0. The molecule has 0 atom stereocenters. The summed E-state index contributed by atoms with van der Waals surface area (Å²) in [6.45, 7) is 2.15. The zero-order valence-corrected chi connectivity index (χ0v) is 12.8. The molecule has 0 bridgehead atoms. The molecule has 6 nitrogen and oxygen atoms in total. The molecule has 1 aromatic carbocycles. The third-order valence-electron chi connectivity index (χ3n) is 3.11. The van der Waals surface area contributed by atoms with Gasteiger partial charge < -0.3 is 0 Å². The van der Waals surface area contributed by atoms with Crippen LogP contribution in [0.4, 0.5) is 5.69 Å². The Labute approximate surface area is 132 Å². The van der Waals surface area contributed by atoms with Gasteiger partial charge in [-0.3, -0.25) is 14.9 Å². The SMILES string of the molecule is CCC#CCN1N=C(c2ccc(Cl)c([N+](=O)[O-])c2)CCC1=O. The molecule has 2 rings (SSSR count). The van der Waals surface area contributed by atoms with Gasteiger partial charge in [-0.1, -0.05) is 30.5 Å². The Bertz CT molecular complexity index is 704. The number of nitro groups is 1. The number of halogens is 1. The number of nitrogens with zero attached hydrogens (tertiary/aromatic N) is 3. The molecule has 0 radical (unpaired) electrons. The molecule has 0 saturated carbocycles. The molecular formula is C15H14ClN3O3. The Hall–Kier alpha value is -2.39. The Morgan fingerprint density at radius 2 is 2.18 bits per heavy atom. The molecule has 0 spiro atoms. The van der Waals surface area contributed by atoms with Crippen LogP contribution in [-0.2, 0) is 4.79 Å². The molecule has 1 heterocycles. The maximum Gasteiger partial charge on any atom is 0.288 e. The Morgan fingerprint density at radius 1 is 1.41 bits per heavy atom. The van der Waals surface area contributed by atoms with Crippen LogP contribution < -0.4 is 0 Å². The predicted octanol–water partition coefficient (Wildman–Crippen LogP) is 2.99. The lowest BCUT2D eigenvalue weighted by molar-refractivity contribution is -0.384. The second-order valence-corrected chi connectivity index (χ2v) is 5.04. The van der Waals surface area contributed by atoms with E-state index in [1.54, 1.807) is 6.07 Å². The number of rotatable bonds is 3. The molecule has 0 unspecified atom stereocenters. The minimum atomic E-state index is -0.537. The summed E-state index contributed by atoms with van der Waals surface area (Å²) in [5.74, 6) is 5.65. The van der Waals surface area contributed by atoms with Gasteiger partial charge in [0.2, 0.25) is 5.91 Å². The predicted molar refractivity (Wildman–Crippen MR) is 83.7 cm³/mol. The van der Waals surface area contributed by atoms with E-state index in [1.165, 1.54) is 17.1 Å². The molecule has 1 aliphatic rings. The van der Waals surface area contributed by atoms with E-state index in [9.17, 15) is 14.9 Å². The quantitative estimate of drug-likeness (QED) is 0.488. The molecule has 22 heavy (non-hydrogen) atoms. The first-order chi connectivity index (χ1) is 10.5. The minimum Gasteiger partial charge on any atom is -0.273 e. The molecule has 0 aromatic heterocycles. The van der Waals surface area contributed by atoms with Crippen LogP contribution in [0.3, 0.4) is 0 Å². The minimum absolute atomic E-state index is 0.0758. The summed E-state index contributed by atoms with van der Waals surface area (Å²) in [5, 5.41) is 16.6. The summed E-state index contributed by atoms with van der Waals surface area (Å²) in [5.41, 5.74) is 1.05. The van der Waals surface area contributed by atoms with Crippen molar-refractivity contribution in [2.75, 3.05) is 6.54 Å². The van der Waals surface area contributed by atoms with E-state index in [4.69, 9.17) is 11.6 Å². The van der Waals surface area contributed by atoms with Gasteiger partial charge in [0, 0.05) is 30.9 Å². The van der Waals surface area contributed by atoms with Gasteiger partial charge in [-0.25, -0.2) is 5.01 Å². The number of nitro benzene ring substituents is 1. The molecule has 0 saturated heterocycles. The average Bonchev–Trinajstić information content (AvgIpc) is 2.49. The van der Waals surface area contributed by atoms with Crippen LogP contribution >= 0.6 is 11.6 Å². The first-order valence-corrected chi connectivity index (χ1v) is 7.18. The Balaban J connectivity index is 2.31. The molecule has 0 aliphatic carbocycles. The van der Waals surface area contributed by atoms with Crippen LogP contribution in [0.2, 0.25) is 5.02 Å². The van der Waals surface area contributed by atoms with Gasteiger partial charge in [-0.2, -0.15) is 5.10 Å². The van der Waals surface area contributed by atoms with E-state index in [-0.39, 0.29) is 23.2 Å². The topological polar surface area (TPSA) is 75.8 Å². The Kier molecular flexibility index (Phi) is 5.12. The lowest BCUT2D eigenvalue weighted by Crippen LogP contribution is -2.32. The van der Waals surface area contributed by atoms with Crippen LogP contribution in [0, 0.1) is 22.0 Å². The van der Waals surface area contributed by atoms with Gasteiger partial charge in [-0.05, 0) is 6.07 Å². The number of amides is 1. The summed E-state index contributed by atoms with van der Waals surface area (Å²) >= 11 is 5.80. The number of benzene rings is 1. The summed E-state index contributed by atoms with van der Waals surface area (Å²) in [6.07, 6.45) is 1.46. The van der Waals surface area contributed by atoms with Crippen molar-refractivity contribution in [3.63, 3.8) is 0 Å². The van der Waals surface area contributed by atoms with Crippen molar-refractivity contribution in [3.05, 3.63) is 38.9 Å². The fraction of sp³-hybridized carbons (Fsp3) is 0.333. The van der Waals surface area contributed by atoms with Gasteiger partial charge in [0.25, 0.3) is 5.69 Å². The van der Waals surface area contributed by atoms with E-state index in [1.807, 2.05) is 6.92 Å². The molecule has 0 fully saturated rings. The first kappa shape index (κ1) is 16.0. The standard InChI is InChI=1S/C15H14ClN3O3/c1-2-3-4-9-18-15(20)8-7-13(17-18)11-5-6-12(16)14(10-11)19(21)22/h5-6,10H,2,7-9H2,1H3. The molecule has 0 N–H and O–H groups in total. The van der Waals surface area contributed by atoms with Crippen molar-refractivity contribution in [3.8, 4) is 11.8 Å². The van der Waals surface area contributed by atoms with Crippen molar-refractivity contribution in [2.24, 2.45) is 5.10 Å². The second-order valence-electron chi connectivity index (χ2n) is 4.63. The van der Waals surface area contributed by atoms with Gasteiger partial charge in [0.05, 0.1) is 10.6 Å². The summed E-state index contributed by atoms with van der Waals surface area (Å²) in [6, 6.07) is 4.52. The van der Waals surface area contributed by atoms with Crippen LogP contribution in [0.5, 0.6) is 0 Å². The highest BCUT2D eigenvalue weighted by Gasteiger charge is 2.22. The highest BCUT2D eigenvalue weighted by atomic mass is 35.5. The largest absolute Gasteiger partial charge is 0.288 e. The number of hydrogen-bond acceptors (Lipinski definition) is 4. The van der Waals surface area contributed by atoms with Crippen molar-refractivity contribution < 1.29 is 9.72 Å². The summed E-state index contributed by atoms with van der Waals surface area (Å²) in [4.78, 5) is 22.2. The lowest BCUT2D eigenvalue weighted by atomic mass is 10.0. The zero-order valence-electron chi connectivity index (χ0n) is 12.0. The smallest absolute Gasteiger partial charge is 0.273 e. The van der Waals surface area contributed by atoms with Gasteiger partial charge in [-0.15, -0.1) is 5.92 Å². The maximum atomic E-state index is 11.8. The van der Waals surface area contributed by atoms with Gasteiger partial charge >= 0.3 is 0 Å². The second kappa shape index (κ2) is 7.05. The third kappa shape index (κ3) is 3.62. The molecule has 1 amide bonds. The molecular weight excluding hydrogens is 306 g/mol. The average molecular weight is 320 g/mol. The monoisotopic (exact) mass is 319 g/mol. The highest BCUT2D eigenvalue weighted by molar-refractivity contribution is 6.32. The van der Waals surface area contributed by atoms with Crippen LogP contribution in [-0.4, -0.2) is 28.1 Å². The third-order valence-corrected chi connectivity index (χ3v) is 3.43. The molecule has 1 aromatic rings. The molecule has 1 aliphatic heterocycles. The number of carbonyl (C=O) groups is 1.